The summed E-state index contributed by atoms with van der Waals surface area (Å²) in [6.07, 6.45) is 5.91. The third-order valence-corrected chi connectivity index (χ3v) is 4.59. The number of nitrogens with one attached hydrogen (secondary N) is 1. The van der Waals surface area contributed by atoms with Gasteiger partial charge in [0.2, 0.25) is 0 Å². The third kappa shape index (κ3) is 3.34. The molecule has 1 N–H and O–H groups in total. The van der Waals surface area contributed by atoms with E-state index in [0.717, 1.165) is 16.6 Å². The number of amidine groups is 2. The lowest BCUT2D eigenvalue weighted by Crippen LogP contribution is -2.47. The molecule has 0 saturated heterocycles. The van der Waals surface area contributed by atoms with Crippen LogP contribution in [0.15, 0.2) is 89.4 Å². The summed E-state index contributed by atoms with van der Waals surface area (Å²) in [5.41, 5.74) is 2.01. The number of aliphatic imine (C=N–C) groups is 1. The van der Waals surface area contributed by atoms with Gasteiger partial charge in [0.15, 0.2) is 5.84 Å². The van der Waals surface area contributed by atoms with Gasteiger partial charge in [-0.1, -0.05) is 84.4 Å². The Morgan fingerprint density at radius 1 is 1.00 bits per heavy atom. The van der Waals surface area contributed by atoms with Crippen molar-refractivity contribution in [3.05, 3.63) is 95.5 Å². The highest BCUT2D eigenvalue weighted by Crippen LogP contribution is 2.29. The lowest BCUT2D eigenvalue weighted by molar-refractivity contribution is 0.358. The minimum Gasteiger partial charge on any atom is -0.347 e. The first kappa shape index (κ1) is 17.0. The number of hydrogen-bond donors (Lipinski definition) is 1. The zero-order chi connectivity index (χ0) is 17.9. The summed E-state index contributed by atoms with van der Waals surface area (Å²) in [6, 6.07) is 19.4. The van der Waals surface area contributed by atoms with E-state index in [1.165, 1.54) is 0 Å². The molecule has 0 heterocycles. The summed E-state index contributed by atoms with van der Waals surface area (Å²) >= 11 is 0. The molecule has 1 aliphatic rings. The van der Waals surface area contributed by atoms with Gasteiger partial charge in [-0.05, 0) is 6.92 Å². The first-order valence-electron chi connectivity index (χ1n) is 8.20. The molecule has 2 radical (unpaired) electrons. The summed E-state index contributed by atoms with van der Waals surface area (Å²) in [5.74, 6) is 0.930. The molecule has 0 bridgehead atoms. The van der Waals surface area contributed by atoms with Crippen LogP contribution in [0, 0.1) is 5.41 Å². The summed E-state index contributed by atoms with van der Waals surface area (Å²) in [7, 11) is 8.18. The molecule has 4 heteroatoms. The van der Waals surface area contributed by atoms with Crippen molar-refractivity contribution in [3.63, 3.8) is 0 Å². The molecule has 3 rings (SSSR count). The van der Waals surface area contributed by atoms with E-state index < -0.39 is 5.54 Å². The second kappa shape index (κ2) is 6.93. The van der Waals surface area contributed by atoms with Gasteiger partial charge in [0.05, 0.1) is 5.54 Å². The molecule has 2 aromatic rings. The van der Waals surface area contributed by atoms with E-state index in [2.05, 4.69) is 4.99 Å². The van der Waals surface area contributed by atoms with Crippen LogP contribution in [0.5, 0.6) is 0 Å². The fraction of sp³-hybridized carbons (Fsp3) is 0.143. The van der Waals surface area contributed by atoms with Crippen LogP contribution >= 0.6 is 0 Å². The van der Waals surface area contributed by atoms with Crippen molar-refractivity contribution in [1.82, 2.24) is 4.90 Å². The maximum atomic E-state index is 8.41. The highest BCUT2D eigenvalue weighted by molar-refractivity contribution is 6.24. The minimum absolute atomic E-state index is 0.222. The first-order valence-corrected chi connectivity index (χ1v) is 8.20. The fourth-order valence-electron chi connectivity index (χ4n) is 2.82. The SMILES string of the molecule is [B]C1=CC=CC1(C)N(C)C(=NC(=N)c1ccccc1)c1ccccc1. The number of nitrogens with zero attached hydrogens (tertiary/aromatic N) is 2. The molecule has 122 valence electrons. The molecule has 0 aliphatic heterocycles. The number of rotatable bonds is 3. The zero-order valence-corrected chi connectivity index (χ0v) is 14.5. The Kier molecular flexibility index (Phi) is 4.71. The fourth-order valence-corrected chi connectivity index (χ4v) is 2.82. The number of benzene rings is 2. The van der Waals surface area contributed by atoms with E-state index in [4.69, 9.17) is 13.3 Å². The molecule has 1 atom stereocenters. The van der Waals surface area contributed by atoms with Crippen LogP contribution in [0.4, 0.5) is 0 Å². The number of allylic oxidation sites excluding steroid dienone is 2. The van der Waals surface area contributed by atoms with Gasteiger partial charge in [0, 0.05) is 18.2 Å². The van der Waals surface area contributed by atoms with Gasteiger partial charge >= 0.3 is 0 Å². The third-order valence-electron chi connectivity index (χ3n) is 4.59. The average Bonchev–Trinajstić information content (AvgIpc) is 3.00. The topological polar surface area (TPSA) is 39.5 Å². The molecular formula is C21H20BN3. The predicted molar refractivity (Wildman–Crippen MR) is 105 cm³/mol. The maximum absolute atomic E-state index is 8.41. The van der Waals surface area contributed by atoms with E-state index in [1.807, 2.05) is 97.8 Å². The van der Waals surface area contributed by atoms with Gasteiger partial charge in [-0.15, -0.1) is 0 Å². The van der Waals surface area contributed by atoms with Crippen LogP contribution < -0.4 is 0 Å². The Labute approximate surface area is 150 Å². The quantitative estimate of drug-likeness (QED) is 0.521. The molecule has 1 unspecified atom stereocenters. The lowest BCUT2D eigenvalue weighted by atomic mass is 9.79. The largest absolute Gasteiger partial charge is 0.347 e. The smallest absolute Gasteiger partial charge is 0.154 e. The molecule has 2 aromatic carbocycles. The van der Waals surface area contributed by atoms with E-state index in [-0.39, 0.29) is 5.84 Å². The van der Waals surface area contributed by atoms with Crippen molar-refractivity contribution in [2.75, 3.05) is 7.05 Å². The highest BCUT2D eigenvalue weighted by atomic mass is 15.2. The van der Waals surface area contributed by atoms with Crippen LogP contribution in [-0.2, 0) is 0 Å². The van der Waals surface area contributed by atoms with Gasteiger partial charge in [-0.2, -0.15) is 0 Å². The molecule has 0 fully saturated rings. The minimum atomic E-state index is -0.467. The van der Waals surface area contributed by atoms with Crippen molar-refractivity contribution >= 4 is 19.5 Å². The van der Waals surface area contributed by atoms with E-state index >= 15 is 0 Å². The van der Waals surface area contributed by atoms with Crippen molar-refractivity contribution in [2.45, 2.75) is 12.5 Å². The lowest BCUT2D eigenvalue weighted by Gasteiger charge is -2.38. The van der Waals surface area contributed by atoms with Gasteiger partial charge in [0.1, 0.15) is 13.7 Å². The molecule has 0 amide bonds. The number of likely N-dealkylation sites (N-methyl/N-ethyl adjacent to an activating group) is 1. The van der Waals surface area contributed by atoms with Crippen molar-refractivity contribution in [1.29, 1.82) is 5.41 Å². The maximum Gasteiger partial charge on any atom is 0.154 e. The molecule has 3 nitrogen and oxygen atoms in total. The first-order chi connectivity index (χ1) is 12.0. The summed E-state index contributed by atoms with van der Waals surface area (Å²) in [6.45, 7) is 2.05. The van der Waals surface area contributed by atoms with Crippen LogP contribution in [0.2, 0.25) is 0 Å². The Bertz CT molecular complexity index is 853. The van der Waals surface area contributed by atoms with Gasteiger partial charge in [-0.25, -0.2) is 4.99 Å². The van der Waals surface area contributed by atoms with Crippen LogP contribution in [-0.4, -0.2) is 37.0 Å². The van der Waals surface area contributed by atoms with Gasteiger partial charge < -0.3 is 4.90 Å². The zero-order valence-electron chi connectivity index (χ0n) is 14.5. The Morgan fingerprint density at radius 2 is 1.56 bits per heavy atom. The standard InChI is InChI=1S/C21H20BN3/c1-21(15-9-14-18(21)22)25(2)20(17-12-7-4-8-13-17)24-19(23)16-10-5-3-6-11-16/h3-15,23H,1-2H3. The van der Waals surface area contributed by atoms with Gasteiger partial charge in [0.25, 0.3) is 0 Å². The van der Waals surface area contributed by atoms with Crippen molar-refractivity contribution in [3.8, 4) is 0 Å². The summed E-state index contributed by atoms with van der Waals surface area (Å²) < 4.78 is 0. The molecule has 0 spiro atoms. The summed E-state index contributed by atoms with van der Waals surface area (Å²) in [5, 5.41) is 8.41. The molecule has 0 aromatic heterocycles. The monoisotopic (exact) mass is 325 g/mol. The Morgan fingerprint density at radius 3 is 2.08 bits per heavy atom. The second-order valence-electron chi connectivity index (χ2n) is 6.20. The van der Waals surface area contributed by atoms with Crippen LogP contribution in [0.1, 0.15) is 18.1 Å². The van der Waals surface area contributed by atoms with Crippen molar-refractivity contribution < 1.29 is 0 Å². The Hall–Kier alpha value is -2.88. The Balaban J connectivity index is 2.05. The van der Waals surface area contributed by atoms with Crippen LogP contribution in [0.25, 0.3) is 0 Å². The molecule has 25 heavy (non-hydrogen) atoms. The number of hydrogen-bond acceptors (Lipinski definition) is 1. The van der Waals surface area contributed by atoms with E-state index in [0.29, 0.717) is 5.84 Å². The normalized spacial score (nSPS) is 19.6. The second-order valence-corrected chi connectivity index (χ2v) is 6.20. The van der Waals surface area contributed by atoms with Crippen molar-refractivity contribution in [2.24, 2.45) is 4.99 Å². The van der Waals surface area contributed by atoms with Gasteiger partial charge in [-0.3, -0.25) is 5.41 Å². The average molecular weight is 325 g/mol. The predicted octanol–water partition coefficient (Wildman–Crippen LogP) is 3.77. The highest BCUT2D eigenvalue weighted by Gasteiger charge is 2.32. The molecule has 1 aliphatic carbocycles. The molecular weight excluding hydrogens is 305 g/mol. The molecule has 0 saturated carbocycles. The van der Waals surface area contributed by atoms with E-state index in [9.17, 15) is 0 Å². The summed E-state index contributed by atoms with van der Waals surface area (Å²) in [4.78, 5) is 6.67. The van der Waals surface area contributed by atoms with Crippen LogP contribution in [0.3, 0.4) is 0 Å². The van der Waals surface area contributed by atoms with E-state index in [1.54, 1.807) is 0 Å².